The Hall–Kier alpha value is -1.02. The number of hydrogen-bond donors (Lipinski definition) is 2. The Kier molecular flexibility index (Phi) is 6.49. The number of amides is 2. The number of urea groups is 1. The standard InChI is InChI=1S/C14H26F3N3O2/c1-4-19(11(2)3)10-7-18-12(21)20-8-5-13(22,6-9-20)14(15,16)17/h11,22H,4-10H2,1-3H3,(H,18,21). The summed E-state index contributed by atoms with van der Waals surface area (Å²) in [5.41, 5.74) is -2.67. The molecule has 8 heteroatoms. The summed E-state index contributed by atoms with van der Waals surface area (Å²) in [6.45, 7) is 7.99. The molecule has 22 heavy (non-hydrogen) atoms. The fourth-order valence-corrected chi connectivity index (χ4v) is 2.56. The van der Waals surface area contributed by atoms with Crippen molar-refractivity contribution < 1.29 is 23.1 Å². The molecule has 0 unspecified atom stereocenters. The number of alkyl halides is 3. The maximum Gasteiger partial charge on any atom is 0.417 e. The number of piperidine rings is 1. The zero-order chi connectivity index (χ0) is 17.0. The van der Waals surface area contributed by atoms with E-state index in [0.29, 0.717) is 19.1 Å². The quantitative estimate of drug-likeness (QED) is 0.811. The van der Waals surface area contributed by atoms with Gasteiger partial charge in [0, 0.05) is 45.1 Å². The smallest absolute Gasteiger partial charge is 0.380 e. The number of likely N-dealkylation sites (tertiary alicyclic amines) is 1. The number of aliphatic hydroxyl groups is 1. The predicted octanol–water partition coefficient (Wildman–Crippen LogP) is 1.82. The molecule has 0 radical (unpaired) electrons. The van der Waals surface area contributed by atoms with Crippen LogP contribution < -0.4 is 5.32 Å². The summed E-state index contributed by atoms with van der Waals surface area (Å²) in [6.07, 6.45) is -5.59. The topological polar surface area (TPSA) is 55.8 Å². The van der Waals surface area contributed by atoms with E-state index < -0.39 is 24.6 Å². The van der Waals surface area contributed by atoms with Crippen molar-refractivity contribution in [3.8, 4) is 0 Å². The van der Waals surface area contributed by atoms with Gasteiger partial charge in [0.15, 0.2) is 5.60 Å². The summed E-state index contributed by atoms with van der Waals surface area (Å²) in [5, 5.41) is 12.3. The van der Waals surface area contributed by atoms with E-state index in [4.69, 9.17) is 0 Å². The molecule has 0 aliphatic carbocycles. The summed E-state index contributed by atoms with van der Waals surface area (Å²) in [5.74, 6) is 0. The number of carbonyl (C=O) groups excluding carboxylic acids is 1. The van der Waals surface area contributed by atoms with Crippen LogP contribution in [0.5, 0.6) is 0 Å². The van der Waals surface area contributed by atoms with E-state index in [1.54, 1.807) is 0 Å². The van der Waals surface area contributed by atoms with Crippen LogP contribution in [0.25, 0.3) is 0 Å². The van der Waals surface area contributed by atoms with Gasteiger partial charge in [0.25, 0.3) is 0 Å². The van der Waals surface area contributed by atoms with Crippen molar-refractivity contribution in [2.75, 3.05) is 32.7 Å². The van der Waals surface area contributed by atoms with E-state index in [9.17, 15) is 23.1 Å². The van der Waals surface area contributed by atoms with Crippen LogP contribution in [0.4, 0.5) is 18.0 Å². The first kappa shape index (κ1) is 19.0. The summed E-state index contributed by atoms with van der Waals surface area (Å²) in [6, 6.07) is 0.00251. The lowest BCUT2D eigenvalue weighted by atomic mass is 9.91. The molecule has 1 rings (SSSR count). The summed E-state index contributed by atoms with van der Waals surface area (Å²) >= 11 is 0. The first-order chi connectivity index (χ1) is 10.1. The second-order valence-corrected chi connectivity index (χ2v) is 5.97. The molecule has 0 aromatic rings. The van der Waals surface area contributed by atoms with Crippen molar-refractivity contribution in [1.29, 1.82) is 0 Å². The van der Waals surface area contributed by atoms with Crippen molar-refractivity contribution in [1.82, 2.24) is 15.1 Å². The van der Waals surface area contributed by atoms with Gasteiger partial charge >= 0.3 is 12.2 Å². The van der Waals surface area contributed by atoms with Gasteiger partial charge in [-0.1, -0.05) is 6.92 Å². The number of nitrogens with one attached hydrogen (secondary N) is 1. The van der Waals surface area contributed by atoms with Crippen molar-refractivity contribution >= 4 is 6.03 Å². The minimum atomic E-state index is -4.64. The largest absolute Gasteiger partial charge is 0.417 e. The molecule has 0 spiro atoms. The van der Waals surface area contributed by atoms with Crippen LogP contribution in [0.15, 0.2) is 0 Å². The van der Waals surface area contributed by atoms with E-state index >= 15 is 0 Å². The second kappa shape index (κ2) is 7.50. The molecule has 1 fully saturated rings. The first-order valence-electron chi connectivity index (χ1n) is 7.66. The molecule has 5 nitrogen and oxygen atoms in total. The highest BCUT2D eigenvalue weighted by Crippen LogP contribution is 2.38. The number of likely N-dealkylation sites (N-methyl/N-ethyl adjacent to an activating group) is 1. The molecule has 2 N–H and O–H groups in total. The van der Waals surface area contributed by atoms with Crippen LogP contribution in [0.3, 0.4) is 0 Å². The maximum absolute atomic E-state index is 12.7. The molecule has 0 bridgehead atoms. The molecule has 1 saturated heterocycles. The van der Waals surface area contributed by atoms with Gasteiger partial charge < -0.3 is 15.3 Å². The molecule has 0 atom stereocenters. The third-order valence-corrected chi connectivity index (χ3v) is 4.22. The van der Waals surface area contributed by atoms with Gasteiger partial charge in [0.2, 0.25) is 0 Å². The number of halogens is 3. The van der Waals surface area contributed by atoms with Crippen molar-refractivity contribution in [3.05, 3.63) is 0 Å². The van der Waals surface area contributed by atoms with E-state index in [0.717, 1.165) is 6.54 Å². The van der Waals surface area contributed by atoms with Gasteiger partial charge in [-0.05, 0) is 20.4 Å². The molecule has 130 valence electrons. The normalized spacial score (nSPS) is 18.9. The first-order valence-corrected chi connectivity index (χ1v) is 7.66. The minimum absolute atomic E-state index is 0.0937. The Labute approximate surface area is 129 Å². The molecular weight excluding hydrogens is 299 g/mol. The molecule has 0 saturated carbocycles. The molecule has 2 amide bonds. The highest BCUT2D eigenvalue weighted by molar-refractivity contribution is 5.74. The molecule has 0 aromatic carbocycles. The lowest BCUT2D eigenvalue weighted by molar-refractivity contribution is -0.271. The Bertz CT molecular complexity index is 367. The lowest BCUT2D eigenvalue weighted by Gasteiger charge is -2.39. The third-order valence-electron chi connectivity index (χ3n) is 4.22. The monoisotopic (exact) mass is 325 g/mol. The van der Waals surface area contributed by atoms with Gasteiger partial charge in [-0.15, -0.1) is 0 Å². The number of hydrogen-bond acceptors (Lipinski definition) is 3. The van der Waals surface area contributed by atoms with Crippen LogP contribution in [0, 0.1) is 0 Å². The van der Waals surface area contributed by atoms with Crippen molar-refractivity contribution in [3.63, 3.8) is 0 Å². The minimum Gasteiger partial charge on any atom is -0.380 e. The third kappa shape index (κ3) is 4.74. The summed E-state index contributed by atoms with van der Waals surface area (Å²) in [4.78, 5) is 15.4. The molecular formula is C14H26F3N3O2. The van der Waals surface area contributed by atoms with Gasteiger partial charge in [-0.3, -0.25) is 4.90 Å². The maximum atomic E-state index is 12.7. The molecule has 0 aromatic heterocycles. The SMILES string of the molecule is CCN(CCNC(=O)N1CCC(O)(C(F)(F)F)CC1)C(C)C. The lowest BCUT2D eigenvalue weighted by Crippen LogP contribution is -2.56. The predicted molar refractivity (Wildman–Crippen MR) is 77.6 cm³/mol. The Morgan fingerprint density at radius 2 is 1.91 bits per heavy atom. The van der Waals surface area contributed by atoms with Gasteiger partial charge in [-0.25, -0.2) is 4.79 Å². The van der Waals surface area contributed by atoms with Crippen molar-refractivity contribution in [2.45, 2.75) is 51.4 Å². The van der Waals surface area contributed by atoms with E-state index in [2.05, 4.69) is 24.1 Å². The Morgan fingerprint density at radius 1 is 1.36 bits per heavy atom. The van der Waals surface area contributed by atoms with Crippen LogP contribution in [0.2, 0.25) is 0 Å². The van der Waals surface area contributed by atoms with Crippen LogP contribution in [0.1, 0.15) is 33.6 Å². The van der Waals surface area contributed by atoms with Crippen molar-refractivity contribution in [2.24, 2.45) is 0 Å². The fourth-order valence-electron chi connectivity index (χ4n) is 2.56. The van der Waals surface area contributed by atoms with Crippen LogP contribution in [-0.4, -0.2) is 71.5 Å². The molecule has 1 aliphatic heterocycles. The van der Waals surface area contributed by atoms with E-state index in [-0.39, 0.29) is 19.1 Å². The Morgan fingerprint density at radius 3 is 2.32 bits per heavy atom. The summed E-state index contributed by atoms with van der Waals surface area (Å²) < 4.78 is 38.1. The van der Waals surface area contributed by atoms with Gasteiger partial charge in [-0.2, -0.15) is 13.2 Å². The highest BCUT2D eigenvalue weighted by atomic mass is 19.4. The van der Waals surface area contributed by atoms with Gasteiger partial charge in [0.1, 0.15) is 0 Å². The number of rotatable bonds is 5. The fraction of sp³-hybridized carbons (Fsp3) is 0.929. The average Bonchev–Trinajstić information content (AvgIpc) is 2.42. The number of nitrogens with zero attached hydrogens (tertiary/aromatic N) is 2. The molecule has 1 aliphatic rings. The average molecular weight is 325 g/mol. The molecule has 1 heterocycles. The highest BCUT2D eigenvalue weighted by Gasteiger charge is 2.54. The van der Waals surface area contributed by atoms with Crippen LogP contribution in [-0.2, 0) is 0 Å². The zero-order valence-electron chi connectivity index (χ0n) is 13.4. The van der Waals surface area contributed by atoms with Crippen LogP contribution >= 0.6 is 0 Å². The summed E-state index contributed by atoms with van der Waals surface area (Å²) in [7, 11) is 0. The van der Waals surface area contributed by atoms with Gasteiger partial charge in [0.05, 0.1) is 0 Å². The van der Waals surface area contributed by atoms with E-state index in [1.807, 2.05) is 6.92 Å². The second-order valence-electron chi connectivity index (χ2n) is 5.97. The zero-order valence-corrected chi connectivity index (χ0v) is 13.4. The Balaban J connectivity index is 2.37. The van der Waals surface area contributed by atoms with E-state index in [1.165, 1.54) is 4.90 Å². The number of carbonyl (C=O) groups is 1.